The molecule has 1 amide bonds. The highest BCUT2D eigenvalue weighted by atomic mass is 32.2. The van der Waals surface area contributed by atoms with Crippen LogP contribution in [0.1, 0.15) is 23.7 Å². The number of carbonyl (C=O) groups excluding carboxylic acids is 1. The Balaban J connectivity index is 3.04. The minimum atomic E-state index is -3.73. The van der Waals surface area contributed by atoms with Gasteiger partial charge < -0.3 is 5.32 Å². The molecule has 1 aromatic rings. The Morgan fingerprint density at radius 3 is 2.68 bits per heavy atom. The van der Waals surface area contributed by atoms with E-state index in [9.17, 15) is 13.2 Å². The quantitative estimate of drug-likeness (QED) is 0.792. The van der Waals surface area contributed by atoms with E-state index in [-0.39, 0.29) is 10.8 Å². The van der Waals surface area contributed by atoms with Gasteiger partial charge in [-0.15, -0.1) is 0 Å². The van der Waals surface area contributed by atoms with Gasteiger partial charge in [-0.1, -0.05) is 17.5 Å². The van der Waals surface area contributed by atoms with Crippen LogP contribution in [0.5, 0.6) is 0 Å². The maximum absolute atomic E-state index is 12.0. The van der Waals surface area contributed by atoms with Crippen LogP contribution in [0.15, 0.2) is 29.2 Å². The van der Waals surface area contributed by atoms with Gasteiger partial charge in [0, 0.05) is 19.2 Å². The monoisotopic (exact) mass is 286 g/mol. The molecular weight excluding hydrogens is 268 g/mol. The van der Waals surface area contributed by atoms with Crippen LogP contribution in [-0.2, 0) is 14.9 Å². The maximum atomic E-state index is 12.0. The van der Waals surface area contributed by atoms with E-state index in [1.54, 1.807) is 6.07 Å². The largest absolute Gasteiger partial charge is 0.352 e. The van der Waals surface area contributed by atoms with Crippen molar-refractivity contribution in [2.24, 2.45) is 0 Å². The van der Waals surface area contributed by atoms with Crippen LogP contribution in [0.2, 0.25) is 0 Å². The fraction of sp³-hybridized carbons (Fsp3) is 0.417. The topological polar surface area (TPSA) is 75.7 Å². The lowest BCUT2D eigenvalue weighted by Gasteiger charge is -2.14. The summed E-state index contributed by atoms with van der Waals surface area (Å²) in [5.41, 5.74) is 0.305. The second-order valence-corrected chi connectivity index (χ2v) is 5.82. The van der Waals surface area contributed by atoms with Gasteiger partial charge in [0.1, 0.15) is 0 Å². The molecule has 0 aromatic heterocycles. The summed E-state index contributed by atoms with van der Waals surface area (Å²) in [5.74, 6) is -0.293. The summed E-state index contributed by atoms with van der Waals surface area (Å²) in [4.78, 5) is 16.5. The van der Waals surface area contributed by atoms with Gasteiger partial charge >= 0.3 is 0 Å². The number of carbonyl (C=O) groups is 1. The molecule has 0 heterocycles. The second kappa shape index (κ2) is 6.65. The lowest BCUT2D eigenvalue weighted by atomic mass is 10.2. The van der Waals surface area contributed by atoms with E-state index in [1.165, 1.54) is 32.4 Å². The predicted molar refractivity (Wildman–Crippen MR) is 71.0 cm³/mol. The van der Waals surface area contributed by atoms with Crippen LogP contribution < -0.4 is 5.32 Å². The number of sulfonamides is 1. The Kier molecular flexibility index (Phi) is 5.46. The molecule has 0 aliphatic carbocycles. The molecule has 0 spiro atoms. The van der Waals surface area contributed by atoms with Crippen LogP contribution >= 0.6 is 0 Å². The minimum Gasteiger partial charge on any atom is -0.352 e. The molecule has 1 N–H and O–H groups in total. The number of benzene rings is 1. The third-order valence-electron chi connectivity index (χ3n) is 2.53. The van der Waals surface area contributed by atoms with Gasteiger partial charge in [0.15, 0.2) is 0 Å². The summed E-state index contributed by atoms with van der Waals surface area (Å²) >= 11 is 0. The number of nitrogens with one attached hydrogen (secondary N) is 1. The lowest BCUT2D eigenvalue weighted by molar-refractivity contribution is -0.0258. The predicted octanol–water partition coefficient (Wildman–Crippen LogP) is 1.01. The van der Waals surface area contributed by atoms with Gasteiger partial charge in [-0.25, -0.2) is 8.42 Å². The molecule has 6 nitrogen and oxygen atoms in total. The van der Waals surface area contributed by atoms with Crippen molar-refractivity contribution in [1.29, 1.82) is 0 Å². The molecular formula is C12H18N2O4S. The summed E-state index contributed by atoms with van der Waals surface area (Å²) < 4.78 is 24.8. The highest BCUT2D eigenvalue weighted by Gasteiger charge is 2.21. The highest BCUT2D eigenvalue weighted by Crippen LogP contribution is 2.15. The van der Waals surface area contributed by atoms with Gasteiger partial charge in [-0.05, 0) is 24.6 Å². The third kappa shape index (κ3) is 3.76. The van der Waals surface area contributed by atoms with E-state index in [0.717, 1.165) is 10.9 Å². The number of hydrogen-bond acceptors (Lipinski definition) is 4. The first-order chi connectivity index (χ1) is 8.93. The molecule has 1 rings (SSSR count). The standard InChI is InChI=1S/C12H18N2O4S/c1-4-8-13-12(15)10-6-5-7-11(9-10)19(16,17)14(2)18-3/h5-7,9H,4,8H2,1-3H3,(H,13,15). The molecule has 0 atom stereocenters. The van der Waals surface area contributed by atoms with Crippen LogP contribution in [0.25, 0.3) is 0 Å². The van der Waals surface area contributed by atoms with Crippen molar-refractivity contribution in [3.63, 3.8) is 0 Å². The van der Waals surface area contributed by atoms with Crippen LogP contribution in [-0.4, -0.2) is 39.5 Å². The highest BCUT2D eigenvalue weighted by molar-refractivity contribution is 7.89. The Labute approximate surface area is 113 Å². The van der Waals surface area contributed by atoms with E-state index >= 15 is 0 Å². The number of nitrogens with zero attached hydrogens (tertiary/aromatic N) is 1. The Morgan fingerprint density at radius 1 is 1.42 bits per heavy atom. The van der Waals surface area contributed by atoms with E-state index in [1.807, 2.05) is 6.92 Å². The summed E-state index contributed by atoms with van der Waals surface area (Å²) in [6, 6.07) is 5.84. The number of hydroxylamine groups is 1. The van der Waals surface area contributed by atoms with E-state index in [4.69, 9.17) is 0 Å². The second-order valence-electron chi connectivity index (χ2n) is 3.88. The molecule has 19 heavy (non-hydrogen) atoms. The molecule has 0 saturated carbocycles. The number of amides is 1. The van der Waals surface area contributed by atoms with E-state index < -0.39 is 10.0 Å². The van der Waals surface area contributed by atoms with Crippen molar-refractivity contribution in [2.45, 2.75) is 18.2 Å². The van der Waals surface area contributed by atoms with Crippen molar-refractivity contribution in [3.8, 4) is 0 Å². The molecule has 0 saturated heterocycles. The zero-order valence-electron chi connectivity index (χ0n) is 11.2. The molecule has 106 valence electrons. The minimum absolute atomic E-state index is 0.0148. The molecule has 0 radical (unpaired) electrons. The van der Waals surface area contributed by atoms with Gasteiger partial charge in [0.2, 0.25) is 0 Å². The van der Waals surface area contributed by atoms with Crippen LogP contribution in [0.3, 0.4) is 0 Å². The maximum Gasteiger partial charge on any atom is 0.264 e. The smallest absolute Gasteiger partial charge is 0.264 e. The van der Waals surface area contributed by atoms with Gasteiger partial charge in [0.05, 0.1) is 12.0 Å². The molecule has 7 heteroatoms. The Bertz CT molecular complexity index is 542. The first-order valence-electron chi connectivity index (χ1n) is 5.84. The molecule has 0 unspecified atom stereocenters. The van der Waals surface area contributed by atoms with Crippen molar-refractivity contribution in [1.82, 2.24) is 9.79 Å². The fourth-order valence-corrected chi connectivity index (χ4v) is 2.40. The SMILES string of the molecule is CCCNC(=O)c1cccc(S(=O)(=O)N(C)OC)c1. The van der Waals surface area contributed by atoms with Crippen molar-refractivity contribution < 1.29 is 18.0 Å². The van der Waals surface area contributed by atoms with Crippen molar-refractivity contribution in [2.75, 3.05) is 20.7 Å². The first-order valence-corrected chi connectivity index (χ1v) is 7.28. The lowest BCUT2D eigenvalue weighted by Crippen LogP contribution is -2.27. The van der Waals surface area contributed by atoms with Gasteiger partial charge in [-0.3, -0.25) is 9.63 Å². The molecule has 0 aliphatic rings. The summed E-state index contributed by atoms with van der Waals surface area (Å²) in [5, 5.41) is 2.69. The Hall–Kier alpha value is -1.44. The average molecular weight is 286 g/mol. The summed E-state index contributed by atoms with van der Waals surface area (Å²) in [7, 11) is -1.18. The van der Waals surface area contributed by atoms with Crippen molar-refractivity contribution >= 4 is 15.9 Å². The molecule has 1 aromatic carbocycles. The number of hydrogen-bond donors (Lipinski definition) is 1. The van der Waals surface area contributed by atoms with E-state index in [2.05, 4.69) is 10.2 Å². The molecule has 0 aliphatic heterocycles. The fourth-order valence-electron chi connectivity index (χ4n) is 1.38. The zero-order chi connectivity index (χ0) is 14.5. The Morgan fingerprint density at radius 2 is 2.11 bits per heavy atom. The zero-order valence-corrected chi connectivity index (χ0v) is 12.0. The summed E-state index contributed by atoms with van der Waals surface area (Å²) in [6.07, 6.45) is 0.816. The van der Waals surface area contributed by atoms with Crippen molar-refractivity contribution in [3.05, 3.63) is 29.8 Å². The average Bonchev–Trinajstić information content (AvgIpc) is 2.43. The van der Waals surface area contributed by atoms with Crippen LogP contribution in [0, 0.1) is 0 Å². The van der Waals surface area contributed by atoms with Gasteiger partial charge in [0.25, 0.3) is 15.9 Å². The normalized spacial score (nSPS) is 11.6. The first kappa shape index (κ1) is 15.6. The van der Waals surface area contributed by atoms with E-state index in [0.29, 0.717) is 12.1 Å². The molecule has 0 fully saturated rings. The third-order valence-corrected chi connectivity index (χ3v) is 4.20. The molecule has 0 bridgehead atoms. The summed E-state index contributed by atoms with van der Waals surface area (Å²) in [6.45, 7) is 2.49. The van der Waals surface area contributed by atoms with Crippen LogP contribution in [0.4, 0.5) is 0 Å². The number of rotatable bonds is 6. The van der Waals surface area contributed by atoms with Gasteiger partial charge in [-0.2, -0.15) is 0 Å².